The van der Waals surface area contributed by atoms with Crippen molar-refractivity contribution in [3.05, 3.63) is 71.3 Å². The van der Waals surface area contributed by atoms with Crippen LogP contribution in [0.4, 0.5) is 18.0 Å². The molecule has 0 saturated carbocycles. The Morgan fingerprint density at radius 1 is 1.00 bits per heavy atom. The predicted octanol–water partition coefficient (Wildman–Crippen LogP) is 2.74. The van der Waals surface area contributed by atoms with Gasteiger partial charge in [0.1, 0.15) is 19.2 Å². The van der Waals surface area contributed by atoms with Crippen molar-refractivity contribution in [2.45, 2.75) is 25.2 Å². The van der Waals surface area contributed by atoms with Crippen molar-refractivity contribution in [2.24, 2.45) is 0 Å². The van der Waals surface area contributed by atoms with Crippen LogP contribution in [0.25, 0.3) is 0 Å². The van der Waals surface area contributed by atoms with Crippen molar-refractivity contribution in [2.75, 3.05) is 6.54 Å². The summed E-state index contributed by atoms with van der Waals surface area (Å²) in [6.45, 7) is -0.626. The molecule has 3 N–H and O–H groups in total. The normalized spacial score (nSPS) is 12.0. The first kappa shape index (κ1) is 22.7. The Kier molecular flexibility index (Phi) is 7.79. The largest absolute Gasteiger partial charge is 0.480 e. The van der Waals surface area contributed by atoms with Gasteiger partial charge in [-0.1, -0.05) is 48.5 Å². The number of rotatable bonds is 8. The Bertz CT molecular complexity index is 888. The molecule has 7 nitrogen and oxygen atoms in total. The van der Waals surface area contributed by atoms with Crippen LogP contribution >= 0.6 is 0 Å². The minimum absolute atomic E-state index is 0.0275. The quantitative estimate of drug-likeness (QED) is 0.605. The zero-order chi connectivity index (χ0) is 22.1. The third-order valence-electron chi connectivity index (χ3n) is 3.99. The second kappa shape index (κ2) is 10.3. The first-order chi connectivity index (χ1) is 14.2. The van der Waals surface area contributed by atoms with Crippen molar-refractivity contribution in [3.63, 3.8) is 0 Å². The van der Waals surface area contributed by atoms with E-state index in [4.69, 9.17) is 4.74 Å². The summed E-state index contributed by atoms with van der Waals surface area (Å²) in [6.07, 6.45) is -6.13. The summed E-state index contributed by atoms with van der Waals surface area (Å²) in [5.74, 6) is -2.39. The number of halogens is 3. The third kappa shape index (κ3) is 7.12. The van der Waals surface area contributed by atoms with Crippen LogP contribution in [0.1, 0.15) is 16.7 Å². The molecule has 0 aromatic heterocycles. The molecule has 0 spiro atoms. The van der Waals surface area contributed by atoms with Crippen LogP contribution in [0.2, 0.25) is 0 Å². The van der Waals surface area contributed by atoms with Gasteiger partial charge in [-0.05, 0) is 17.2 Å². The van der Waals surface area contributed by atoms with Gasteiger partial charge in [-0.25, -0.2) is 9.59 Å². The number of alkyl carbamates (subject to hydrolysis) is 1. The van der Waals surface area contributed by atoms with Crippen LogP contribution in [-0.2, 0) is 33.5 Å². The van der Waals surface area contributed by atoms with Crippen LogP contribution < -0.4 is 10.6 Å². The summed E-state index contributed by atoms with van der Waals surface area (Å²) >= 11 is 0. The zero-order valence-electron chi connectivity index (χ0n) is 15.6. The molecule has 0 fully saturated rings. The molecular weight excluding hydrogens is 405 g/mol. The van der Waals surface area contributed by atoms with E-state index < -0.39 is 48.7 Å². The van der Waals surface area contributed by atoms with Gasteiger partial charge in [-0.2, -0.15) is 13.2 Å². The highest BCUT2D eigenvalue weighted by atomic mass is 19.4. The van der Waals surface area contributed by atoms with E-state index in [1.54, 1.807) is 30.3 Å². The molecule has 0 radical (unpaired) electrons. The summed E-state index contributed by atoms with van der Waals surface area (Å²) in [5.41, 5.74) is -0.521. The molecule has 30 heavy (non-hydrogen) atoms. The number of hydrogen-bond donors (Lipinski definition) is 3. The topological polar surface area (TPSA) is 105 Å². The maximum atomic E-state index is 13.1. The number of ether oxygens (including phenoxy) is 1. The Balaban J connectivity index is 1.89. The van der Waals surface area contributed by atoms with Crippen molar-refractivity contribution >= 4 is 18.0 Å². The number of amides is 2. The fourth-order valence-electron chi connectivity index (χ4n) is 2.57. The van der Waals surface area contributed by atoms with Crippen LogP contribution in [0, 0.1) is 0 Å². The minimum Gasteiger partial charge on any atom is -0.480 e. The number of carbonyl (C=O) groups is 3. The van der Waals surface area contributed by atoms with E-state index in [2.05, 4.69) is 10.6 Å². The second-order valence-electron chi connectivity index (χ2n) is 6.23. The van der Waals surface area contributed by atoms with Gasteiger partial charge in [0.25, 0.3) is 0 Å². The minimum atomic E-state index is -4.66. The standard InChI is InChI=1S/C20H19F3N2O5/c21-20(22,23)15-9-5-4-8-14(15)10-16(18(27)28)25-17(26)11-24-19(29)30-12-13-6-2-1-3-7-13/h1-9,16H,10-12H2,(H,24,29)(H,25,26)(H,27,28)/t16-/m0/s1. The lowest BCUT2D eigenvalue weighted by Crippen LogP contribution is -2.46. The molecule has 10 heteroatoms. The molecule has 0 bridgehead atoms. The van der Waals surface area contributed by atoms with Crippen LogP contribution in [0.15, 0.2) is 54.6 Å². The molecule has 0 aliphatic rings. The highest BCUT2D eigenvalue weighted by molar-refractivity contribution is 5.86. The number of benzene rings is 2. The molecule has 0 heterocycles. The number of carbonyl (C=O) groups excluding carboxylic acids is 2. The molecule has 0 aliphatic carbocycles. The Morgan fingerprint density at radius 2 is 1.63 bits per heavy atom. The molecule has 2 amide bonds. The summed E-state index contributed by atoms with van der Waals surface area (Å²) in [5, 5.41) is 13.5. The van der Waals surface area contributed by atoms with Gasteiger partial charge >= 0.3 is 18.2 Å². The number of hydrogen-bond acceptors (Lipinski definition) is 4. The highest BCUT2D eigenvalue weighted by Gasteiger charge is 2.34. The lowest BCUT2D eigenvalue weighted by Gasteiger charge is -2.18. The Hall–Kier alpha value is -3.56. The molecule has 0 aliphatic heterocycles. The van der Waals surface area contributed by atoms with Crippen LogP contribution in [0.3, 0.4) is 0 Å². The summed E-state index contributed by atoms with van der Waals surface area (Å²) < 4.78 is 44.1. The first-order valence-electron chi connectivity index (χ1n) is 8.78. The van der Waals surface area contributed by atoms with E-state index in [1.807, 2.05) is 0 Å². The number of nitrogens with one attached hydrogen (secondary N) is 2. The predicted molar refractivity (Wildman–Crippen MR) is 99.3 cm³/mol. The van der Waals surface area contributed by atoms with Gasteiger partial charge in [0, 0.05) is 6.42 Å². The van der Waals surface area contributed by atoms with Gasteiger partial charge in [0.15, 0.2) is 0 Å². The maximum Gasteiger partial charge on any atom is 0.416 e. The number of alkyl halides is 3. The van der Waals surface area contributed by atoms with Crippen molar-refractivity contribution in [3.8, 4) is 0 Å². The summed E-state index contributed by atoms with van der Waals surface area (Å²) in [6, 6.07) is 11.7. The van der Waals surface area contributed by atoms with Crippen LogP contribution in [-0.4, -0.2) is 35.7 Å². The van der Waals surface area contributed by atoms with E-state index in [1.165, 1.54) is 12.1 Å². The van der Waals surface area contributed by atoms with E-state index >= 15 is 0 Å². The monoisotopic (exact) mass is 424 g/mol. The SMILES string of the molecule is O=C(CNC(=O)OCc1ccccc1)N[C@@H](Cc1ccccc1C(F)(F)F)C(=O)O. The lowest BCUT2D eigenvalue weighted by molar-refractivity contribution is -0.142. The molecule has 0 unspecified atom stereocenters. The van der Waals surface area contributed by atoms with E-state index in [0.717, 1.165) is 17.7 Å². The summed E-state index contributed by atoms with van der Waals surface area (Å²) in [4.78, 5) is 35.0. The Morgan fingerprint density at radius 3 is 2.27 bits per heavy atom. The van der Waals surface area contributed by atoms with Crippen molar-refractivity contribution in [1.29, 1.82) is 0 Å². The zero-order valence-corrected chi connectivity index (χ0v) is 15.6. The summed E-state index contributed by atoms with van der Waals surface area (Å²) in [7, 11) is 0. The fraction of sp³-hybridized carbons (Fsp3) is 0.250. The van der Waals surface area contributed by atoms with Crippen molar-refractivity contribution in [1.82, 2.24) is 10.6 Å². The number of carboxylic acid groups (broad SMARTS) is 1. The molecule has 2 aromatic rings. The van der Waals surface area contributed by atoms with Crippen molar-refractivity contribution < 1.29 is 37.4 Å². The van der Waals surface area contributed by atoms with Gasteiger partial charge < -0.3 is 20.5 Å². The lowest BCUT2D eigenvalue weighted by atomic mass is 9.99. The highest BCUT2D eigenvalue weighted by Crippen LogP contribution is 2.32. The van der Waals surface area contributed by atoms with E-state index in [9.17, 15) is 32.7 Å². The number of carboxylic acids is 1. The average Bonchev–Trinajstić information content (AvgIpc) is 2.70. The number of aliphatic carboxylic acids is 1. The van der Waals surface area contributed by atoms with Crippen LogP contribution in [0.5, 0.6) is 0 Å². The second-order valence-corrected chi connectivity index (χ2v) is 6.23. The van der Waals surface area contributed by atoms with E-state index in [0.29, 0.717) is 0 Å². The van der Waals surface area contributed by atoms with Gasteiger partial charge in [-0.3, -0.25) is 4.79 Å². The van der Waals surface area contributed by atoms with E-state index in [-0.39, 0.29) is 12.2 Å². The molecule has 160 valence electrons. The third-order valence-corrected chi connectivity index (χ3v) is 3.99. The molecule has 0 saturated heterocycles. The maximum absolute atomic E-state index is 13.1. The fourth-order valence-corrected chi connectivity index (χ4v) is 2.57. The average molecular weight is 424 g/mol. The molecular formula is C20H19F3N2O5. The molecule has 2 rings (SSSR count). The van der Waals surface area contributed by atoms with Gasteiger partial charge in [0.05, 0.1) is 5.56 Å². The first-order valence-corrected chi connectivity index (χ1v) is 8.78. The molecule has 1 atom stereocenters. The Labute approximate surface area is 169 Å². The van der Waals surface area contributed by atoms with Gasteiger partial charge in [0.2, 0.25) is 5.91 Å². The van der Waals surface area contributed by atoms with Gasteiger partial charge in [-0.15, -0.1) is 0 Å². The molecule has 2 aromatic carbocycles. The smallest absolute Gasteiger partial charge is 0.416 e.